The average Bonchev–Trinajstić information content (AvgIpc) is 2.48. The normalized spacial score (nSPS) is 26.6. The van der Waals surface area contributed by atoms with E-state index < -0.39 is 0 Å². The van der Waals surface area contributed by atoms with E-state index in [2.05, 4.69) is 0 Å². The number of aliphatic hydroxyl groups excluding tert-OH is 1. The molecule has 106 valence electrons. The van der Waals surface area contributed by atoms with Crippen molar-refractivity contribution in [3.8, 4) is 0 Å². The topological polar surface area (TPSA) is 57.6 Å². The van der Waals surface area contributed by atoms with Gasteiger partial charge in [0, 0.05) is 24.1 Å². The molecule has 4 heteroatoms. The molecule has 1 N–H and O–H groups in total. The summed E-state index contributed by atoms with van der Waals surface area (Å²) in [5.41, 5.74) is 1.45. The van der Waals surface area contributed by atoms with Crippen molar-refractivity contribution in [1.82, 2.24) is 4.90 Å². The van der Waals surface area contributed by atoms with Gasteiger partial charge in [-0.2, -0.15) is 0 Å². The lowest BCUT2D eigenvalue weighted by Crippen LogP contribution is -2.52. The molecule has 20 heavy (non-hydrogen) atoms. The Bertz CT molecular complexity index is 540. The average molecular weight is 273 g/mol. The van der Waals surface area contributed by atoms with E-state index in [1.165, 1.54) is 4.90 Å². The van der Waals surface area contributed by atoms with E-state index >= 15 is 0 Å². The van der Waals surface area contributed by atoms with Gasteiger partial charge in [-0.1, -0.05) is 31.0 Å². The predicted molar refractivity (Wildman–Crippen MR) is 74.2 cm³/mol. The number of hydrogen-bond donors (Lipinski definition) is 1. The van der Waals surface area contributed by atoms with E-state index in [0.717, 1.165) is 31.2 Å². The lowest BCUT2D eigenvalue weighted by atomic mass is 9.82. The highest BCUT2D eigenvalue weighted by molar-refractivity contribution is 6.10. The quantitative estimate of drug-likeness (QED) is 0.835. The first kappa shape index (κ1) is 13.3. The van der Waals surface area contributed by atoms with Crippen LogP contribution in [0.2, 0.25) is 0 Å². The first-order valence-corrected chi connectivity index (χ1v) is 7.27. The standard InChI is InChI=1S/C16H19NO3/c18-10-12-6-2-4-8-14(12)17-15(19)9-11-5-1-3-7-13(11)16(17)20/h1,3,5,7,12,14,18H,2,4,6,8-10H2. The zero-order chi connectivity index (χ0) is 14.1. The molecular formula is C16H19NO3. The summed E-state index contributed by atoms with van der Waals surface area (Å²) < 4.78 is 0. The Morgan fingerprint density at radius 3 is 2.70 bits per heavy atom. The highest BCUT2D eigenvalue weighted by Crippen LogP contribution is 2.32. The van der Waals surface area contributed by atoms with Crippen LogP contribution in [0.15, 0.2) is 24.3 Å². The minimum absolute atomic E-state index is 0.0295. The van der Waals surface area contributed by atoms with Crippen LogP contribution >= 0.6 is 0 Å². The third kappa shape index (κ3) is 2.14. The van der Waals surface area contributed by atoms with Gasteiger partial charge in [-0.25, -0.2) is 0 Å². The van der Waals surface area contributed by atoms with Gasteiger partial charge in [-0.3, -0.25) is 14.5 Å². The Morgan fingerprint density at radius 2 is 1.90 bits per heavy atom. The molecule has 1 aliphatic heterocycles. The van der Waals surface area contributed by atoms with Gasteiger partial charge < -0.3 is 5.11 Å². The summed E-state index contributed by atoms with van der Waals surface area (Å²) in [7, 11) is 0. The molecule has 2 atom stereocenters. The molecule has 1 heterocycles. The maximum absolute atomic E-state index is 12.6. The van der Waals surface area contributed by atoms with Gasteiger partial charge in [0.25, 0.3) is 5.91 Å². The molecule has 1 saturated carbocycles. The second-order valence-corrected chi connectivity index (χ2v) is 5.70. The van der Waals surface area contributed by atoms with E-state index in [1.54, 1.807) is 6.07 Å². The summed E-state index contributed by atoms with van der Waals surface area (Å²) in [5.74, 6) is -0.289. The van der Waals surface area contributed by atoms with Gasteiger partial charge in [0.15, 0.2) is 0 Å². The molecule has 0 bridgehead atoms. The zero-order valence-electron chi connectivity index (χ0n) is 11.4. The highest BCUT2D eigenvalue weighted by atomic mass is 16.3. The van der Waals surface area contributed by atoms with Crippen molar-refractivity contribution in [3.63, 3.8) is 0 Å². The van der Waals surface area contributed by atoms with E-state index in [9.17, 15) is 14.7 Å². The summed E-state index contributed by atoms with van der Waals surface area (Å²) in [5, 5.41) is 9.51. The molecule has 0 aromatic heterocycles. The molecule has 0 radical (unpaired) electrons. The van der Waals surface area contributed by atoms with E-state index in [4.69, 9.17) is 0 Å². The monoisotopic (exact) mass is 273 g/mol. The third-order valence-corrected chi connectivity index (χ3v) is 4.51. The number of aliphatic hydroxyl groups is 1. The molecule has 2 aliphatic rings. The lowest BCUT2D eigenvalue weighted by molar-refractivity contribution is -0.132. The molecule has 3 rings (SSSR count). The fourth-order valence-electron chi connectivity index (χ4n) is 3.45. The molecule has 0 saturated heterocycles. The van der Waals surface area contributed by atoms with Crippen LogP contribution in [-0.2, 0) is 11.2 Å². The summed E-state index contributed by atoms with van der Waals surface area (Å²) in [6, 6.07) is 7.17. The van der Waals surface area contributed by atoms with Crippen molar-refractivity contribution < 1.29 is 14.7 Å². The Hall–Kier alpha value is -1.68. The largest absolute Gasteiger partial charge is 0.396 e. The van der Waals surface area contributed by atoms with Crippen molar-refractivity contribution >= 4 is 11.8 Å². The fraction of sp³-hybridized carbons (Fsp3) is 0.500. The first-order chi connectivity index (χ1) is 9.72. The molecule has 0 spiro atoms. The maximum Gasteiger partial charge on any atom is 0.261 e. The van der Waals surface area contributed by atoms with Gasteiger partial charge in [-0.15, -0.1) is 0 Å². The van der Waals surface area contributed by atoms with Gasteiger partial charge >= 0.3 is 0 Å². The van der Waals surface area contributed by atoms with Crippen LogP contribution in [0.1, 0.15) is 41.6 Å². The van der Waals surface area contributed by atoms with Crippen molar-refractivity contribution in [2.24, 2.45) is 5.92 Å². The summed E-state index contributed by atoms with van der Waals surface area (Å²) >= 11 is 0. The number of carbonyl (C=O) groups is 2. The van der Waals surface area contributed by atoms with Crippen molar-refractivity contribution in [3.05, 3.63) is 35.4 Å². The number of fused-ring (bicyclic) bond motifs is 1. The number of carbonyl (C=O) groups excluding carboxylic acids is 2. The first-order valence-electron chi connectivity index (χ1n) is 7.27. The number of nitrogens with zero attached hydrogens (tertiary/aromatic N) is 1. The Kier molecular flexibility index (Phi) is 3.57. The Balaban J connectivity index is 1.94. The third-order valence-electron chi connectivity index (χ3n) is 4.51. The van der Waals surface area contributed by atoms with E-state index in [1.807, 2.05) is 18.2 Å². The number of amides is 2. The van der Waals surface area contributed by atoms with Gasteiger partial charge in [0.2, 0.25) is 5.91 Å². The van der Waals surface area contributed by atoms with Gasteiger partial charge in [-0.05, 0) is 24.5 Å². The summed E-state index contributed by atoms with van der Waals surface area (Å²) in [6.45, 7) is 0.0450. The highest BCUT2D eigenvalue weighted by Gasteiger charge is 2.39. The molecular weight excluding hydrogens is 254 g/mol. The molecule has 2 unspecified atom stereocenters. The van der Waals surface area contributed by atoms with Crippen LogP contribution in [0, 0.1) is 5.92 Å². The minimum atomic E-state index is -0.192. The second-order valence-electron chi connectivity index (χ2n) is 5.70. The Labute approximate surface area is 118 Å². The van der Waals surface area contributed by atoms with Gasteiger partial charge in [0.1, 0.15) is 0 Å². The minimum Gasteiger partial charge on any atom is -0.396 e. The van der Waals surface area contributed by atoms with Crippen molar-refractivity contribution in [1.29, 1.82) is 0 Å². The van der Waals surface area contributed by atoms with Crippen LogP contribution in [0.4, 0.5) is 0 Å². The maximum atomic E-state index is 12.6. The number of imide groups is 1. The second kappa shape index (κ2) is 5.37. The number of benzene rings is 1. The van der Waals surface area contributed by atoms with Gasteiger partial charge in [0.05, 0.1) is 6.42 Å². The molecule has 1 aliphatic carbocycles. The smallest absolute Gasteiger partial charge is 0.261 e. The number of rotatable bonds is 2. The predicted octanol–water partition coefficient (Wildman–Crippen LogP) is 1.76. The SMILES string of the molecule is O=C1Cc2ccccc2C(=O)N1C1CCCCC1CO. The van der Waals surface area contributed by atoms with E-state index in [0.29, 0.717) is 5.56 Å². The van der Waals surface area contributed by atoms with Crippen LogP contribution in [-0.4, -0.2) is 34.5 Å². The molecule has 1 aromatic rings. The van der Waals surface area contributed by atoms with Crippen LogP contribution in [0.5, 0.6) is 0 Å². The zero-order valence-corrected chi connectivity index (χ0v) is 11.4. The molecule has 4 nitrogen and oxygen atoms in total. The van der Waals surface area contributed by atoms with Crippen LogP contribution in [0.25, 0.3) is 0 Å². The molecule has 1 aromatic carbocycles. The Morgan fingerprint density at radius 1 is 1.15 bits per heavy atom. The lowest BCUT2D eigenvalue weighted by Gasteiger charge is -2.40. The van der Waals surface area contributed by atoms with E-state index in [-0.39, 0.29) is 36.8 Å². The summed E-state index contributed by atoms with van der Waals surface area (Å²) in [6.07, 6.45) is 4.07. The van der Waals surface area contributed by atoms with Crippen molar-refractivity contribution in [2.75, 3.05) is 6.61 Å². The fourth-order valence-corrected chi connectivity index (χ4v) is 3.45. The van der Waals surface area contributed by atoms with Crippen molar-refractivity contribution in [2.45, 2.75) is 38.1 Å². The summed E-state index contributed by atoms with van der Waals surface area (Å²) in [4.78, 5) is 26.4. The number of hydrogen-bond acceptors (Lipinski definition) is 3. The van der Waals surface area contributed by atoms with Crippen LogP contribution < -0.4 is 0 Å². The van der Waals surface area contributed by atoms with Crippen LogP contribution in [0.3, 0.4) is 0 Å². The molecule has 2 amide bonds. The molecule has 1 fully saturated rings.